The highest BCUT2D eigenvalue weighted by Gasteiger charge is 2.15. The van der Waals surface area contributed by atoms with Gasteiger partial charge in [-0.2, -0.15) is 0 Å². The first-order valence-electron chi connectivity index (χ1n) is 8.60. The summed E-state index contributed by atoms with van der Waals surface area (Å²) in [5, 5.41) is 18.3. The van der Waals surface area contributed by atoms with E-state index >= 15 is 0 Å². The lowest BCUT2D eigenvalue weighted by molar-refractivity contribution is -0.139. The second kappa shape index (κ2) is 7.88. The van der Waals surface area contributed by atoms with E-state index in [1.54, 1.807) is 12.1 Å². The molecule has 2 aromatic rings. The highest BCUT2D eigenvalue weighted by Crippen LogP contribution is 2.36. The van der Waals surface area contributed by atoms with E-state index in [0.717, 1.165) is 24.0 Å². The van der Waals surface area contributed by atoms with Crippen molar-refractivity contribution in [2.75, 3.05) is 6.61 Å². The fraction of sp³-hybridized carbons (Fsp3) is 0.286. The third-order valence-corrected chi connectivity index (χ3v) is 4.47. The lowest BCUT2D eigenvalue weighted by Gasteiger charge is -2.20. The van der Waals surface area contributed by atoms with Crippen molar-refractivity contribution in [2.24, 2.45) is 0 Å². The molecule has 1 saturated carbocycles. The number of carboxylic acid groups (broad SMARTS) is 1. The summed E-state index contributed by atoms with van der Waals surface area (Å²) < 4.78 is 5.22. The van der Waals surface area contributed by atoms with Crippen LogP contribution in [0.2, 0.25) is 0 Å². The van der Waals surface area contributed by atoms with Crippen molar-refractivity contribution in [3.8, 4) is 11.5 Å². The van der Waals surface area contributed by atoms with Gasteiger partial charge in [0.05, 0.1) is 0 Å². The molecular formula is C21H22O4. The van der Waals surface area contributed by atoms with E-state index in [1.807, 2.05) is 36.4 Å². The van der Waals surface area contributed by atoms with Gasteiger partial charge in [0.25, 0.3) is 0 Å². The molecule has 0 saturated heterocycles. The minimum atomic E-state index is -0.988. The van der Waals surface area contributed by atoms with E-state index in [9.17, 15) is 9.90 Å². The number of carboxylic acids is 1. The fourth-order valence-electron chi connectivity index (χ4n) is 3.29. The van der Waals surface area contributed by atoms with E-state index in [-0.39, 0.29) is 12.4 Å². The molecule has 0 amide bonds. The van der Waals surface area contributed by atoms with E-state index in [4.69, 9.17) is 9.84 Å². The summed E-state index contributed by atoms with van der Waals surface area (Å²) in [6, 6.07) is 14.9. The number of carbonyl (C=O) groups is 1. The molecular weight excluding hydrogens is 316 g/mol. The van der Waals surface area contributed by atoms with E-state index < -0.39 is 5.97 Å². The largest absolute Gasteiger partial charge is 0.508 e. The number of phenolic OH excluding ortho intramolecular Hbond substituents is 1. The zero-order valence-corrected chi connectivity index (χ0v) is 14.1. The van der Waals surface area contributed by atoms with Gasteiger partial charge in [-0.3, -0.25) is 0 Å². The van der Waals surface area contributed by atoms with Crippen LogP contribution in [-0.4, -0.2) is 22.8 Å². The molecule has 25 heavy (non-hydrogen) atoms. The Morgan fingerprint density at radius 3 is 2.00 bits per heavy atom. The van der Waals surface area contributed by atoms with E-state index in [1.165, 1.54) is 30.4 Å². The number of phenols is 1. The molecule has 0 unspecified atom stereocenters. The molecule has 0 atom stereocenters. The number of allylic oxidation sites excluding steroid dienone is 1. The van der Waals surface area contributed by atoms with Crippen molar-refractivity contribution in [3.05, 3.63) is 65.2 Å². The second-order valence-electron chi connectivity index (χ2n) is 6.29. The van der Waals surface area contributed by atoms with Gasteiger partial charge in [0.15, 0.2) is 6.61 Å². The molecule has 0 aliphatic heterocycles. The SMILES string of the molecule is O=C(O)COc1ccc(C(=C2CCCCC2)c2ccc(O)cc2)cc1. The molecule has 2 N–H and O–H groups in total. The van der Waals surface area contributed by atoms with Gasteiger partial charge < -0.3 is 14.9 Å². The highest BCUT2D eigenvalue weighted by molar-refractivity contribution is 5.82. The number of hydrogen-bond donors (Lipinski definition) is 2. The van der Waals surface area contributed by atoms with Crippen LogP contribution >= 0.6 is 0 Å². The van der Waals surface area contributed by atoms with Gasteiger partial charge in [0, 0.05) is 0 Å². The predicted octanol–water partition coefficient (Wildman–Crippen LogP) is 4.62. The Bertz CT molecular complexity index is 749. The van der Waals surface area contributed by atoms with Crippen molar-refractivity contribution in [2.45, 2.75) is 32.1 Å². The average Bonchev–Trinajstić information content (AvgIpc) is 2.64. The van der Waals surface area contributed by atoms with Crippen molar-refractivity contribution in [1.82, 2.24) is 0 Å². The lowest BCUT2D eigenvalue weighted by Crippen LogP contribution is -2.09. The molecule has 4 heteroatoms. The van der Waals surface area contributed by atoms with Crippen LogP contribution in [0.25, 0.3) is 5.57 Å². The normalized spacial score (nSPS) is 14.2. The molecule has 0 bridgehead atoms. The van der Waals surface area contributed by atoms with Crippen LogP contribution in [0, 0.1) is 0 Å². The quantitative estimate of drug-likeness (QED) is 0.835. The Hall–Kier alpha value is -2.75. The molecule has 1 fully saturated rings. The zero-order valence-electron chi connectivity index (χ0n) is 14.1. The maximum absolute atomic E-state index is 10.6. The minimum absolute atomic E-state index is 0.258. The van der Waals surface area contributed by atoms with Crippen LogP contribution in [0.5, 0.6) is 11.5 Å². The summed E-state index contributed by atoms with van der Waals surface area (Å²) in [6.45, 7) is -0.342. The van der Waals surface area contributed by atoms with Crippen molar-refractivity contribution >= 4 is 11.5 Å². The topological polar surface area (TPSA) is 66.8 Å². The Balaban J connectivity index is 1.94. The van der Waals surface area contributed by atoms with Gasteiger partial charge in [-0.15, -0.1) is 0 Å². The summed E-state index contributed by atoms with van der Waals surface area (Å²) in [5.74, 6) is -0.183. The third kappa shape index (κ3) is 4.41. The molecule has 2 aromatic carbocycles. The monoisotopic (exact) mass is 338 g/mol. The standard InChI is InChI=1S/C21H22O4/c22-18-10-6-16(7-11-18)21(15-4-2-1-3-5-15)17-8-12-19(13-9-17)25-14-20(23)24/h6-13,22H,1-5,14H2,(H,23,24). The van der Waals surface area contributed by atoms with Crippen LogP contribution in [0.3, 0.4) is 0 Å². The number of aromatic hydroxyl groups is 1. The summed E-state index contributed by atoms with van der Waals surface area (Å²) in [7, 11) is 0. The van der Waals surface area contributed by atoms with Gasteiger partial charge in [-0.25, -0.2) is 4.79 Å². The number of benzene rings is 2. The lowest BCUT2D eigenvalue weighted by atomic mass is 9.85. The first-order chi connectivity index (χ1) is 12.1. The Morgan fingerprint density at radius 2 is 1.44 bits per heavy atom. The summed E-state index contributed by atoms with van der Waals surface area (Å²) >= 11 is 0. The molecule has 0 aromatic heterocycles. The fourth-order valence-corrected chi connectivity index (χ4v) is 3.29. The number of aliphatic carboxylic acids is 1. The van der Waals surface area contributed by atoms with Crippen LogP contribution in [0.1, 0.15) is 43.2 Å². The van der Waals surface area contributed by atoms with Crippen molar-refractivity contribution < 1.29 is 19.7 Å². The molecule has 1 aliphatic rings. The Kier molecular flexibility index (Phi) is 5.39. The number of hydrogen-bond acceptors (Lipinski definition) is 3. The van der Waals surface area contributed by atoms with Gasteiger partial charge in [-0.05, 0) is 66.6 Å². The maximum atomic E-state index is 10.6. The second-order valence-corrected chi connectivity index (χ2v) is 6.29. The first-order valence-corrected chi connectivity index (χ1v) is 8.60. The zero-order chi connectivity index (χ0) is 17.6. The van der Waals surface area contributed by atoms with E-state index in [0.29, 0.717) is 5.75 Å². The van der Waals surface area contributed by atoms with Crippen LogP contribution in [-0.2, 0) is 4.79 Å². The average molecular weight is 338 g/mol. The van der Waals surface area contributed by atoms with E-state index in [2.05, 4.69) is 0 Å². The van der Waals surface area contributed by atoms with Crippen molar-refractivity contribution in [3.63, 3.8) is 0 Å². The summed E-state index contributed by atoms with van der Waals surface area (Å²) in [6.07, 6.45) is 5.86. The van der Waals surface area contributed by atoms with Crippen molar-refractivity contribution in [1.29, 1.82) is 0 Å². The first kappa shape index (κ1) is 17.1. The predicted molar refractivity (Wildman–Crippen MR) is 96.8 cm³/mol. The third-order valence-electron chi connectivity index (χ3n) is 4.47. The summed E-state index contributed by atoms with van der Waals surface area (Å²) in [4.78, 5) is 10.6. The molecule has 0 heterocycles. The van der Waals surface area contributed by atoms with Gasteiger partial charge in [-0.1, -0.05) is 36.3 Å². The molecule has 1 aliphatic carbocycles. The Labute approximate surface area is 147 Å². The number of ether oxygens (including phenoxy) is 1. The van der Waals surface area contributed by atoms with Gasteiger partial charge in [0.1, 0.15) is 11.5 Å². The Morgan fingerprint density at radius 1 is 0.880 bits per heavy atom. The molecule has 130 valence electrons. The van der Waals surface area contributed by atoms with Crippen LogP contribution in [0.15, 0.2) is 54.1 Å². The smallest absolute Gasteiger partial charge is 0.341 e. The van der Waals surface area contributed by atoms with Crippen LogP contribution < -0.4 is 4.74 Å². The number of rotatable bonds is 5. The molecule has 0 spiro atoms. The molecule has 4 nitrogen and oxygen atoms in total. The van der Waals surface area contributed by atoms with Gasteiger partial charge >= 0.3 is 5.97 Å². The van der Waals surface area contributed by atoms with Gasteiger partial charge in [0.2, 0.25) is 0 Å². The minimum Gasteiger partial charge on any atom is -0.508 e. The maximum Gasteiger partial charge on any atom is 0.341 e. The van der Waals surface area contributed by atoms with Crippen LogP contribution in [0.4, 0.5) is 0 Å². The highest BCUT2D eigenvalue weighted by atomic mass is 16.5. The molecule has 3 rings (SSSR count). The summed E-state index contributed by atoms with van der Waals surface area (Å²) in [5.41, 5.74) is 4.83. The molecule has 0 radical (unpaired) electrons.